The van der Waals surface area contributed by atoms with Gasteiger partial charge < -0.3 is 19.8 Å². The third-order valence-electron chi connectivity index (χ3n) is 15.2. The Bertz CT molecular complexity index is 3710. The third kappa shape index (κ3) is 23.2. The van der Waals surface area contributed by atoms with E-state index in [9.17, 15) is 19.5 Å². The monoisotopic (exact) mass is 1300 g/mol. The summed E-state index contributed by atoms with van der Waals surface area (Å²) in [5, 5.41) is 20.1. The number of hydrogen-bond acceptors (Lipinski definition) is 18. The van der Waals surface area contributed by atoms with Crippen LogP contribution in [-0.2, 0) is 16.6 Å². The highest BCUT2D eigenvalue weighted by Gasteiger charge is 2.31. The van der Waals surface area contributed by atoms with Crippen LogP contribution in [0, 0.1) is 48.5 Å². The Morgan fingerprint density at radius 1 is 0.404 bits per heavy atom. The number of hydrogen-bond donors (Lipinski definition) is 1. The second-order valence-corrected chi connectivity index (χ2v) is 31.0. The van der Waals surface area contributed by atoms with E-state index in [1.807, 2.05) is 155 Å². The minimum absolute atomic E-state index is 0.000370. The predicted octanol–water partition coefficient (Wildman–Crippen LogP) is 15.4. The van der Waals surface area contributed by atoms with Crippen LogP contribution in [0.5, 0.6) is 0 Å². The Labute approximate surface area is 565 Å². The molecule has 3 aromatic heterocycles. The molecule has 21 nitrogen and oxygen atoms in total. The number of aryl methyl sites for hydroxylation is 5. The smallest absolute Gasteiger partial charge is 0.364 e. The van der Waals surface area contributed by atoms with Crippen LogP contribution >= 0.6 is 0 Å². The number of aliphatic hydroxyl groups excluding tert-OH is 1. The summed E-state index contributed by atoms with van der Waals surface area (Å²) in [5.41, 5.74) is 11.3. The maximum Gasteiger partial charge on any atom is 0.364 e. The SMILES string of the molecule is C=C1C=C(O)C(C)=C(C)N1C(C)(C)C.C=C1N=C(C)C(C)=C(C)N1C(C)(C)C.C=C1N=C(C)C(C)=NN1C(C)(C)C.C=C1N=C(C)N=C(C)N1C(C)(C)C.Cc1nc(=O)n(C(C)(C)C)c(C)c1C.Cc1nc(=O)n(C(C)(C)C)nc1C.Cc1nc(C)n(C(C)(C)C)c(=O)n1. The molecule has 0 atom stereocenters. The van der Waals surface area contributed by atoms with Gasteiger partial charge in [-0.2, -0.15) is 25.2 Å². The average molecular weight is 1300 g/mol. The first-order chi connectivity index (χ1) is 42.0. The van der Waals surface area contributed by atoms with Gasteiger partial charge in [0, 0.05) is 73.5 Å². The molecule has 0 amide bonds. The lowest BCUT2D eigenvalue weighted by molar-refractivity contribution is 0.191. The van der Waals surface area contributed by atoms with Crippen molar-refractivity contribution < 1.29 is 5.11 Å². The molecule has 0 saturated carbocycles. The van der Waals surface area contributed by atoms with Crippen LogP contribution in [0.3, 0.4) is 0 Å². The number of hydrazone groups is 1. The summed E-state index contributed by atoms with van der Waals surface area (Å²) in [6, 6.07) is 0. The Hall–Kier alpha value is -7.97. The Balaban J connectivity index is 0.000000548. The highest BCUT2D eigenvalue weighted by Crippen LogP contribution is 2.34. The van der Waals surface area contributed by atoms with Crippen LogP contribution in [0.2, 0.25) is 0 Å². The predicted molar refractivity (Wildman–Crippen MR) is 395 cm³/mol. The molecule has 1 N–H and O–H groups in total. The molecule has 94 heavy (non-hydrogen) atoms. The van der Waals surface area contributed by atoms with Crippen molar-refractivity contribution in [3.8, 4) is 0 Å². The summed E-state index contributed by atoms with van der Waals surface area (Å²) >= 11 is 0. The van der Waals surface area contributed by atoms with Gasteiger partial charge in [0.15, 0.2) is 0 Å². The van der Waals surface area contributed by atoms with E-state index in [0.717, 1.165) is 85.9 Å². The number of aliphatic imine (C=N–C) groups is 4. The van der Waals surface area contributed by atoms with Gasteiger partial charge in [-0.3, -0.25) is 9.13 Å². The molecule has 3 aromatic rings. The van der Waals surface area contributed by atoms with Crippen molar-refractivity contribution in [2.45, 2.75) is 295 Å². The second kappa shape index (κ2) is 31.5. The van der Waals surface area contributed by atoms with E-state index in [1.54, 1.807) is 29.1 Å². The van der Waals surface area contributed by atoms with Gasteiger partial charge in [-0.15, -0.1) is 0 Å². The molecule has 0 aromatic carbocycles. The molecule has 0 fully saturated rings. The lowest BCUT2D eigenvalue weighted by Gasteiger charge is -2.41. The summed E-state index contributed by atoms with van der Waals surface area (Å²) in [7, 11) is 0. The Morgan fingerprint density at radius 3 is 1.27 bits per heavy atom. The van der Waals surface area contributed by atoms with Gasteiger partial charge in [-0.1, -0.05) is 26.3 Å². The molecule has 0 spiro atoms. The fourth-order valence-electron chi connectivity index (χ4n) is 10.4. The summed E-state index contributed by atoms with van der Waals surface area (Å²) in [6.45, 7) is 90.0. The van der Waals surface area contributed by atoms with Crippen molar-refractivity contribution in [2.75, 3.05) is 0 Å². The Morgan fingerprint density at radius 2 is 0.840 bits per heavy atom. The van der Waals surface area contributed by atoms with Crippen molar-refractivity contribution >= 4 is 28.8 Å². The fourth-order valence-corrected chi connectivity index (χ4v) is 10.4. The van der Waals surface area contributed by atoms with Crippen LogP contribution in [0.1, 0.15) is 248 Å². The van der Waals surface area contributed by atoms with Gasteiger partial charge >= 0.3 is 17.1 Å². The average Bonchev–Trinajstić information content (AvgIpc) is 0.823. The van der Waals surface area contributed by atoms with E-state index in [0.29, 0.717) is 23.1 Å². The molecule has 4 aliphatic heterocycles. The van der Waals surface area contributed by atoms with Gasteiger partial charge in [0.1, 0.15) is 46.5 Å². The molecule has 0 bridgehead atoms. The van der Waals surface area contributed by atoms with Gasteiger partial charge in [0.25, 0.3) is 0 Å². The van der Waals surface area contributed by atoms with E-state index in [2.05, 4.69) is 183 Å². The first kappa shape index (κ1) is 84.0. The molecule has 21 heteroatoms. The molecular formula is C73H121N17O4. The maximum absolute atomic E-state index is 11.7. The van der Waals surface area contributed by atoms with Crippen molar-refractivity contribution in [1.82, 2.24) is 58.6 Å². The lowest BCUT2D eigenvalue weighted by Crippen LogP contribution is -2.44. The van der Waals surface area contributed by atoms with Gasteiger partial charge in [0.2, 0.25) is 0 Å². The molecule has 0 saturated heterocycles. The number of aromatic nitrogens is 8. The van der Waals surface area contributed by atoms with Crippen molar-refractivity contribution in [3.63, 3.8) is 0 Å². The lowest BCUT2D eigenvalue weighted by atomic mass is 9.98. The van der Waals surface area contributed by atoms with E-state index in [1.165, 1.54) is 16.0 Å². The van der Waals surface area contributed by atoms with E-state index >= 15 is 0 Å². The van der Waals surface area contributed by atoms with Crippen molar-refractivity contribution in [3.05, 3.63) is 155 Å². The zero-order chi connectivity index (χ0) is 74.2. The minimum atomic E-state index is -0.303. The zero-order valence-electron chi connectivity index (χ0n) is 65.2. The molecule has 7 heterocycles. The Kier molecular flexibility index (Phi) is 28.2. The standard InChI is InChI=1S/C12H20N2.C12H19NO.C11H18N2O.2C10H17N3.2C9H15N3O/c1-8-9(2)13-11(4)14(10(8)3)12(5,6)7;1-8-7-11(14)9(2)10(3)13(8)12(4,5)6;1-7-8(2)12-10(14)13(9(7)3)11(4,5)6;1-7-11-8(2)13(9(3)12-7)10(4,5)6;1-7-8(2)12-13(9(3)11-7)10(4,5)6;1-6-10-7(2)12(8(13)11-6)9(3,4)5;1-6-7(2)11-12(8(13)10-6)9(3,4)5/h4H2,1-3,5-7H3;7,14H,1H2,2-6H3;1-6H3;2H2,1,3-6H3;3H2,1-2,4-6H3;2*1-5H3. The largest absolute Gasteiger partial charge is 0.508 e. The first-order valence-electron chi connectivity index (χ1n) is 32.0. The van der Waals surface area contributed by atoms with E-state index in [4.69, 9.17) is 0 Å². The van der Waals surface area contributed by atoms with Crippen molar-refractivity contribution in [1.29, 1.82) is 0 Å². The molecule has 0 radical (unpaired) electrons. The summed E-state index contributed by atoms with van der Waals surface area (Å²) < 4.78 is 4.75. The fraction of sp³-hybridized carbons (Fsp3) is 0.603. The van der Waals surface area contributed by atoms with Crippen LogP contribution in [-0.4, -0.2) is 115 Å². The van der Waals surface area contributed by atoms with Crippen LogP contribution < -0.4 is 17.1 Å². The number of aliphatic hydroxyl groups is 1. The molecule has 0 unspecified atom stereocenters. The zero-order valence-corrected chi connectivity index (χ0v) is 65.2. The van der Waals surface area contributed by atoms with Crippen molar-refractivity contribution in [2.24, 2.45) is 25.1 Å². The maximum atomic E-state index is 11.7. The highest BCUT2D eigenvalue weighted by atomic mass is 16.3. The second-order valence-electron chi connectivity index (χ2n) is 31.0. The van der Waals surface area contributed by atoms with Crippen LogP contribution in [0.15, 0.2) is 123 Å². The van der Waals surface area contributed by atoms with Crippen LogP contribution in [0.25, 0.3) is 0 Å². The van der Waals surface area contributed by atoms with Gasteiger partial charge in [0.05, 0.1) is 33.9 Å². The topological polar surface area (TPSA) is 225 Å². The van der Waals surface area contributed by atoms with Gasteiger partial charge in [-0.05, 0) is 267 Å². The number of nitrogens with zero attached hydrogens (tertiary/aromatic N) is 17. The number of rotatable bonds is 0. The number of allylic oxidation sites excluding steroid dienone is 5. The quantitative estimate of drug-likeness (QED) is 0.221. The van der Waals surface area contributed by atoms with Gasteiger partial charge in [-0.25, -0.2) is 49.0 Å². The van der Waals surface area contributed by atoms with E-state index in [-0.39, 0.29) is 55.8 Å². The number of amidine groups is 2. The molecule has 4 aliphatic rings. The molecule has 522 valence electrons. The molecule has 0 aliphatic carbocycles. The third-order valence-corrected chi connectivity index (χ3v) is 15.2. The highest BCUT2D eigenvalue weighted by molar-refractivity contribution is 6.41. The molecule has 7 rings (SSSR count). The summed E-state index contributed by atoms with van der Waals surface area (Å²) in [5.74, 6) is 5.65. The van der Waals surface area contributed by atoms with E-state index < -0.39 is 0 Å². The molecular weight excluding hydrogens is 1180 g/mol. The first-order valence-corrected chi connectivity index (χ1v) is 32.0. The minimum Gasteiger partial charge on any atom is -0.508 e. The normalized spacial score (nSPS) is 15.8. The summed E-state index contributed by atoms with van der Waals surface area (Å²) in [6.07, 6.45) is 1.72. The van der Waals surface area contributed by atoms with Crippen LogP contribution in [0.4, 0.5) is 0 Å². The summed E-state index contributed by atoms with van der Waals surface area (Å²) in [4.78, 5) is 74.2.